The van der Waals surface area contributed by atoms with Crippen molar-refractivity contribution in [3.63, 3.8) is 0 Å². The number of amides is 1. The molecule has 0 unspecified atom stereocenters. The van der Waals surface area contributed by atoms with Gasteiger partial charge in [0.25, 0.3) is 11.9 Å². The Kier molecular flexibility index (Phi) is 9.48. The second kappa shape index (κ2) is 11.4. The van der Waals surface area contributed by atoms with Gasteiger partial charge in [0.15, 0.2) is 0 Å². The number of rotatable bonds is 9. The van der Waals surface area contributed by atoms with E-state index in [1.165, 1.54) is 4.90 Å². The zero-order chi connectivity index (χ0) is 17.8. The van der Waals surface area contributed by atoms with Gasteiger partial charge in [-0.2, -0.15) is 0 Å². The molecule has 2 N–H and O–H groups in total. The van der Waals surface area contributed by atoms with Crippen LogP contribution in [0.5, 0.6) is 5.75 Å². The number of likely N-dealkylation sites (N-methyl/N-ethyl adjacent to an activating group) is 1. The lowest BCUT2D eigenvalue weighted by atomic mass is 10.2. The van der Waals surface area contributed by atoms with Gasteiger partial charge in [-0.15, -0.1) is 0 Å². The first-order valence-corrected chi connectivity index (χ1v) is 8.06. The lowest BCUT2D eigenvalue weighted by Crippen LogP contribution is -3.06. The van der Waals surface area contributed by atoms with Crippen LogP contribution in [0, 0.1) is 0 Å². The minimum absolute atomic E-state index is 0.219. The number of quaternary nitrogens is 1. The van der Waals surface area contributed by atoms with E-state index in [1.807, 2.05) is 21.0 Å². The molecule has 1 rings (SSSR count). The van der Waals surface area contributed by atoms with E-state index in [2.05, 4.69) is 10.3 Å². The van der Waals surface area contributed by atoms with E-state index in [9.17, 15) is 4.79 Å². The number of carbonyl (C=O) groups excluding carboxylic acids is 1. The number of amidine groups is 1. The molecule has 0 aliphatic rings. The molecular weight excluding hydrogens is 310 g/mol. The van der Waals surface area contributed by atoms with Crippen LogP contribution in [0.3, 0.4) is 0 Å². The Morgan fingerprint density at radius 2 is 1.92 bits per heavy atom. The average Bonchev–Trinajstić information content (AvgIpc) is 2.58. The SMILES string of the molecule is CCOCCOC(=NCC[NH+](C)C)NC(=O)c1ccc(OC)cc1. The number of nitrogens with zero attached hydrogens (tertiary/aromatic N) is 1. The van der Waals surface area contributed by atoms with Crippen LogP contribution in [0.1, 0.15) is 17.3 Å². The molecule has 1 aromatic carbocycles. The average molecular weight is 338 g/mol. The van der Waals surface area contributed by atoms with Crippen LogP contribution in [-0.2, 0) is 9.47 Å². The fraction of sp³-hybridized carbons (Fsp3) is 0.529. The molecule has 0 aromatic heterocycles. The van der Waals surface area contributed by atoms with Crippen LogP contribution in [0.25, 0.3) is 0 Å². The summed E-state index contributed by atoms with van der Waals surface area (Å²) in [7, 11) is 5.67. The molecule has 0 atom stereocenters. The number of methoxy groups -OCH3 is 1. The van der Waals surface area contributed by atoms with Crippen LogP contribution in [-0.4, -0.2) is 66.0 Å². The maximum atomic E-state index is 12.3. The fourth-order valence-corrected chi connectivity index (χ4v) is 1.76. The molecule has 0 radical (unpaired) electrons. The number of hydrogen-bond acceptors (Lipinski definition) is 5. The van der Waals surface area contributed by atoms with Crippen LogP contribution in [0.2, 0.25) is 0 Å². The van der Waals surface area contributed by atoms with Crippen molar-refractivity contribution in [2.75, 3.05) is 54.1 Å². The highest BCUT2D eigenvalue weighted by molar-refractivity contribution is 6.04. The quantitative estimate of drug-likeness (QED) is 0.377. The van der Waals surface area contributed by atoms with E-state index in [4.69, 9.17) is 14.2 Å². The molecule has 7 nitrogen and oxygen atoms in total. The van der Waals surface area contributed by atoms with Crippen molar-refractivity contribution in [3.8, 4) is 5.75 Å². The zero-order valence-corrected chi connectivity index (χ0v) is 14.9. The Morgan fingerprint density at radius 1 is 1.21 bits per heavy atom. The first-order chi connectivity index (χ1) is 11.6. The van der Waals surface area contributed by atoms with Crippen molar-refractivity contribution in [1.29, 1.82) is 0 Å². The molecule has 0 fully saturated rings. The molecule has 0 aliphatic heterocycles. The van der Waals surface area contributed by atoms with E-state index >= 15 is 0 Å². The van der Waals surface area contributed by atoms with Gasteiger partial charge in [0, 0.05) is 12.2 Å². The fourth-order valence-electron chi connectivity index (χ4n) is 1.76. The van der Waals surface area contributed by atoms with Gasteiger partial charge in [0.05, 0.1) is 40.9 Å². The maximum Gasteiger partial charge on any atom is 0.291 e. The molecule has 0 heterocycles. The minimum atomic E-state index is -0.273. The Bertz CT molecular complexity index is 515. The van der Waals surface area contributed by atoms with E-state index in [-0.39, 0.29) is 11.9 Å². The van der Waals surface area contributed by atoms with Crippen molar-refractivity contribution in [3.05, 3.63) is 29.8 Å². The largest absolute Gasteiger partial charge is 0.497 e. The Balaban J connectivity index is 2.64. The van der Waals surface area contributed by atoms with Crippen molar-refractivity contribution in [2.45, 2.75) is 6.92 Å². The summed E-state index contributed by atoms with van der Waals surface area (Å²) < 4.78 is 15.8. The number of ether oxygens (including phenoxy) is 3. The summed E-state index contributed by atoms with van der Waals surface area (Å²) in [5.41, 5.74) is 0.509. The van der Waals surface area contributed by atoms with Gasteiger partial charge in [-0.25, -0.2) is 4.99 Å². The second-order valence-corrected chi connectivity index (χ2v) is 5.37. The number of benzene rings is 1. The molecule has 0 saturated heterocycles. The van der Waals surface area contributed by atoms with Crippen molar-refractivity contribution < 1.29 is 23.9 Å². The molecule has 0 bridgehead atoms. The zero-order valence-electron chi connectivity index (χ0n) is 14.9. The van der Waals surface area contributed by atoms with Gasteiger partial charge in [0.1, 0.15) is 12.4 Å². The third-order valence-corrected chi connectivity index (χ3v) is 3.11. The van der Waals surface area contributed by atoms with Gasteiger partial charge >= 0.3 is 0 Å². The highest BCUT2D eigenvalue weighted by Crippen LogP contribution is 2.11. The number of hydrogen-bond donors (Lipinski definition) is 2. The van der Waals surface area contributed by atoms with Crippen molar-refractivity contribution >= 4 is 11.9 Å². The minimum Gasteiger partial charge on any atom is -0.497 e. The van der Waals surface area contributed by atoms with Crippen molar-refractivity contribution in [2.24, 2.45) is 4.99 Å². The van der Waals surface area contributed by atoms with E-state index < -0.39 is 0 Å². The molecule has 7 heteroatoms. The molecule has 1 aromatic rings. The molecule has 0 aliphatic carbocycles. The number of nitrogens with one attached hydrogen (secondary N) is 2. The lowest BCUT2D eigenvalue weighted by Gasteiger charge is -2.12. The third kappa shape index (κ3) is 7.94. The normalized spacial score (nSPS) is 11.5. The first kappa shape index (κ1) is 19.9. The number of aliphatic imine (C=N–C) groups is 1. The van der Waals surface area contributed by atoms with E-state index in [0.717, 1.165) is 6.54 Å². The molecule has 1 amide bonds. The molecule has 0 spiro atoms. The molecular formula is C17H28N3O4+. The highest BCUT2D eigenvalue weighted by atomic mass is 16.5. The van der Waals surface area contributed by atoms with Crippen LogP contribution >= 0.6 is 0 Å². The highest BCUT2D eigenvalue weighted by Gasteiger charge is 2.10. The number of carbonyl (C=O) groups is 1. The van der Waals surface area contributed by atoms with Gasteiger partial charge in [-0.3, -0.25) is 10.1 Å². The van der Waals surface area contributed by atoms with Gasteiger partial charge in [0.2, 0.25) is 0 Å². The smallest absolute Gasteiger partial charge is 0.291 e. The van der Waals surface area contributed by atoms with Gasteiger partial charge in [-0.05, 0) is 31.2 Å². The monoisotopic (exact) mass is 338 g/mol. The first-order valence-electron chi connectivity index (χ1n) is 8.06. The lowest BCUT2D eigenvalue weighted by molar-refractivity contribution is -0.856. The second-order valence-electron chi connectivity index (χ2n) is 5.37. The molecule has 134 valence electrons. The molecule has 0 saturated carbocycles. The van der Waals surface area contributed by atoms with Crippen molar-refractivity contribution in [1.82, 2.24) is 5.32 Å². The maximum absolute atomic E-state index is 12.3. The standard InChI is InChI=1S/C17H27N3O4/c1-5-23-12-13-24-17(18-10-11-20(2)3)19-16(21)14-6-8-15(22-4)9-7-14/h6-9H,5,10-13H2,1-4H3,(H,18,19,21)/p+1. The summed E-state index contributed by atoms with van der Waals surface area (Å²) in [6.07, 6.45) is 0. The van der Waals surface area contributed by atoms with Gasteiger partial charge < -0.3 is 19.1 Å². The van der Waals surface area contributed by atoms with Crippen LogP contribution in [0.15, 0.2) is 29.3 Å². The van der Waals surface area contributed by atoms with E-state index in [1.54, 1.807) is 31.4 Å². The summed E-state index contributed by atoms with van der Waals surface area (Å²) in [6, 6.07) is 7.07. The summed E-state index contributed by atoms with van der Waals surface area (Å²) >= 11 is 0. The summed E-state index contributed by atoms with van der Waals surface area (Å²) in [5.74, 6) is 0.423. The predicted molar refractivity (Wildman–Crippen MR) is 92.9 cm³/mol. The predicted octanol–water partition coefficient (Wildman–Crippen LogP) is -0.0214. The molecule has 24 heavy (non-hydrogen) atoms. The topological polar surface area (TPSA) is 73.6 Å². The Hall–Kier alpha value is -2.12. The summed E-state index contributed by atoms with van der Waals surface area (Å²) in [6.45, 7) is 4.74. The van der Waals surface area contributed by atoms with Crippen LogP contribution in [0.4, 0.5) is 0 Å². The third-order valence-electron chi connectivity index (χ3n) is 3.11. The Morgan fingerprint density at radius 3 is 2.50 bits per heavy atom. The summed E-state index contributed by atoms with van der Waals surface area (Å²) in [5, 5.41) is 2.70. The summed E-state index contributed by atoms with van der Waals surface area (Å²) in [4.78, 5) is 17.9. The van der Waals surface area contributed by atoms with Gasteiger partial charge in [-0.1, -0.05) is 0 Å². The van der Waals surface area contributed by atoms with Crippen LogP contribution < -0.4 is 15.0 Å². The van der Waals surface area contributed by atoms with E-state index in [0.29, 0.717) is 37.7 Å². The Labute approximate surface area is 143 Å².